The molecule has 30 heavy (non-hydrogen) atoms. The third kappa shape index (κ3) is 4.49. The zero-order chi connectivity index (χ0) is 25.0. The van der Waals surface area contributed by atoms with Crippen LogP contribution in [0.5, 0.6) is 0 Å². The Morgan fingerprint density at radius 3 is 0.967 bits per heavy atom. The van der Waals surface area contributed by atoms with Gasteiger partial charge < -0.3 is 0 Å². The third-order valence-corrected chi connectivity index (χ3v) is 2.62. The van der Waals surface area contributed by atoms with Crippen LogP contribution in [0.4, 0.5) is 79.0 Å². The minimum atomic E-state index is -8.18. The lowest BCUT2D eigenvalue weighted by atomic mass is 10.2. The van der Waals surface area contributed by atoms with Crippen molar-refractivity contribution in [3.05, 3.63) is 0 Å². The molecule has 0 saturated heterocycles. The number of ether oxygens (including phenoxy) is 2. The Balaban J connectivity index is 6.68. The number of halogens is 18. The first-order valence-electron chi connectivity index (χ1n) is 5.92. The van der Waals surface area contributed by atoms with Crippen molar-refractivity contribution in [3.63, 3.8) is 0 Å². The van der Waals surface area contributed by atoms with Crippen LogP contribution in [0.2, 0.25) is 0 Å². The molecule has 1 atom stereocenters. The quantitative estimate of drug-likeness (QED) is 0.351. The maximum atomic E-state index is 13.5. The van der Waals surface area contributed by atoms with Crippen molar-refractivity contribution in [2.75, 3.05) is 0 Å². The van der Waals surface area contributed by atoms with Crippen molar-refractivity contribution in [3.8, 4) is 0 Å². The van der Waals surface area contributed by atoms with Crippen LogP contribution in [0.25, 0.3) is 0 Å². The fraction of sp³-hybridized carbons (Fsp3) is 0.889. The van der Waals surface area contributed by atoms with Gasteiger partial charge in [-0.15, -0.1) is 0 Å². The number of carbonyl (C=O) groups excluding carboxylic acids is 1. The average molecular weight is 498 g/mol. The molecule has 180 valence electrons. The number of rotatable bonds is 7. The van der Waals surface area contributed by atoms with Gasteiger partial charge in [0.05, 0.1) is 0 Å². The van der Waals surface area contributed by atoms with Gasteiger partial charge in [0, 0.05) is 0 Å². The molecule has 0 aromatic heterocycles. The molecular formula is C9F18O3. The average Bonchev–Trinajstić information content (AvgIpc) is 2.41. The summed E-state index contributed by atoms with van der Waals surface area (Å²) in [5.41, 5.74) is 0. The van der Waals surface area contributed by atoms with Crippen LogP contribution in [-0.2, 0) is 14.3 Å². The lowest BCUT2D eigenvalue weighted by Crippen LogP contribution is -2.68. The van der Waals surface area contributed by atoms with Gasteiger partial charge in [-0.1, -0.05) is 0 Å². The molecule has 0 aliphatic rings. The molecule has 0 amide bonds. The molecule has 3 nitrogen and oxygen atoms in total. The van der Waals surface area contributed by atoms with E-state index in [1.807, 2.05) is 0 Å². The first-order valence-corrected chi connectivity index (χ1v) is 5.92. The molecule has 0 heterocycles. The van der Waals surface area contributed by atoms with Gasteiger partial charge in [0.2, 0.25) is 0 Å². The highest BCUT2D eigenvalue weighted by molar-refractivity contribution is 5.77. The fourth-order valence-corrected chi connectivity index (χ4v) is 1.16. The van der Waals surface area contributed by atoms with Gasteiger partial charge in [0.25, 0.3) is 0 Å². The summed E-state index contributed by atoms with van der Waals surface area (Å²) >= 11 is 0. The molecule has 0 rings (SSSR count). The van der Waals surface area contributed by atoms with Crippen LogP contribution in [-0.4, -0.2) is 54.4 Å². The van der Waals surface area contributed by atoms with Crippen LogP contribution < -0.4 is 0 Å². The summed E-state index contributed by atoms with van der Waals surface area (Å²) in [6.45, 7) is 0. The van der Waals surface area contributed by atoms with E-state index in [-0.39, 0.29) is 0 Å². The SMILES string of the molecule is O=C(F)C(F)(F)C(F)(F)O[C@@](F)(C(F)(F)F)C(F)(F)OC(F)(C(F)(F)F)C(F)(F)F. The Labute approximate surface area is 149 Å². The van der Waals surface area contributed by atoms with Crippen LogP contribution in [0.15, 0.2) is 0 Å². The highest BCUT2D eigenvalue weighted by Gasteiger charge is 2.86. The van der Waals surface area contributed by atoms with Crippen molar-refractivity contribution >= 4 is 6.04 Å². The Morgan fingerprint density at radius 2 is 0.733 bits per heavy atom. The maximum Gasteiger partial charge on any atom is 0.458 e. The Hall–Kier alpha value is -1.67. The second-order valence-corrected chi connectivity index (χ2v) is 4.77. The molecule has 0 bridgehead atoms. The fourth-order valence-electron chi connectivity index (χ4n) is 1.16. The summed E-state index contributed by atoms with van der Waals surface area (Å²) in [6, 6.07) is -4.67. The summed E-state index contributed by atoms with van der Waals surface area (Å²) in [5.74, 6) is -23.3. The predicted octanol–water partition coefficient (Wildman–Crippen LogP) is 5.36. The van der Waals surface area contributed by atoms with Gasteiger partial charge in [0.1, 0.15) is 0 Å². The Kier molecular flexibility index (Phi) is 6.79. The number of hydrogen-bond donors (Lipinski definition) is 0. The van der Waals surface area contributed by atoms with Gasteiger partial charge >= 0.3 is 54.4 Å². The monoisotopic (exact) mass is 498 g/mol. The lowest BCUT2D eigenvalue weighted by molar-refractivity contribution is -0.558. The topological polar surface area (TPSA) is 35.5 Å². The second kappa shape index (κ2) is 7.19. The van der Waals surface area contributed by atoms with Crippen molar-refractivity contribution in [2.45, 2.75) is 48.4 Å². The number of carbonyl (C=O) groups is 1. The Morgan fingerprint density at radius 1 is 0.467 bits per heavy atom. The van der Waals surface area contributed by atoms with Gasteiger partial charge in [0.15, 0.2) is 0 Å². The molecule has 0 aromatic rings. The van der Waals surface area contributed by atoms with Gasteiger partial charge in [-0.25, -0.2) is 0 Å². The van der Waals surface area contributed by atoms with E-state index in [0.29, 0.717) is 0 Å². The third-order valence-electron chi connectivity index (χ3n) is 2.62. The van der Waals surface area contributed by atoms with E-state index in [1.54, 1.807) is 0 Å². The summed E-state index contributed by atoms with van der Waals surface area (Å²) < 4.78 is 227. The molecular weight excluding hydrogens is 498 g/mol. The molecule has 0 N–H and O–H groups in total. The van der Waals surface area contributed by atoms with E-state index < -0.39 is 54.4 Å². The Bertz CT molecular complexity index is 629. The highest BCUT2D eigenvalue weighted by atomic mass is 19.4. The van der Waals surface area contributed by atoms with E-state index in [0.717, 1.165) is 4.74 Å². The van der Waals surface area contributed by atoms with Crippen LogP contribution in [0.3, 0.4) is 0 Å². The normalized spacial score (nSPS) is 17.7. The molecule has 0 unspecified atom stereocenters. The summed E-state index contributed by atoms with van der Waals surface area (Å²) in [4.78, 5) is 9.63. The maximum absolute atomic E-state index is 13.5. The van der Waals surface area contributed by atoms with E-state index in [1.165, 1.54) is 4.74 Å². The standard InChI is InChI=1S/C9F18O3/c10-1(28)2(11,12)8(24,25)30-4(14,7(21,22)23)9(26,27)29-3(13,5(15,16)17)6(18,19)20/t4-/m0/s1. The van der Waals surface area contributed by atoms with Crippen molar-refractivity contribution < 1.29 is 93.3 Å². The van der Waals surface area contributed by atoms with Crippen molar-refractivity contribution in [1.82, 2.24) is 0 Å². The summed E-state index contributed by atoms with van der Waals surface area (Å²) in [6.07, 6.45) is -39.4. The minimum Gasteiger partial charge on any atom is -0.262 e. The molecule has 0 fully saturated rings. The van der Waals surface area contributed by atoms with Crippen molar-refractivity contribution in [2.24, 2.45) is 0 Å². The predicted molar refractivity (Wildman–Crippen MR) is 49.0 cm³/mol. The van der Waals surface area contributed by atoms with Gasteiger partial charge in [-0.3, -0.25) is 14.3 Å². The smallest absolute Gasteiger partial charge is 0.262 e. The first-order chi connectivity index (χ1) is 12.6. The van der Waals surface area contributed by atoms with Gasteiger partial charge in [-0.2, -0.15) is 79.0 Å². The largest absolute Gasteiger partial charge is 0.458 e. The van der Waals surface area contributed by atoms with Crippen molar-refractivity contribution in [1.29, 1.82) is 0 Å². The van der Waals surface area contributed by atoms with E-state index >= 15 is 0 Å². The highest BCUT2D eigenvalue weighted by Crippen LogP contribution is 2.57. The molecule has 0 spiro atoms. The molecule has 21 heteroatoms. The first kappa shape index (κ1) is 28.3. The van der Waals surface area contributed by atoms with E-state index in [4.69, 9.17) is 0 Å². The number of hydrogen-bond acceptors (Lipinski definition) is 3. The molecule has 0 aliphatic carbocycles. The summed E-state index contributed by atoms with van der Waals surface area (Å²) in [7, 11) is 0. The second-order valence-electron chi connectivity index (χ2n) is 4.77. The molecule has 0 aromatic carbocycles. The zero-order valence-corrected chi connectivity index (χ0v) is 12.5. The molecule has 0 saturated carbocycles. The minimum absolute atomic E-state index is 1.14. The van der Waals surface area contributed by atoms with Crippen LogP contribution in [0.1, 0.15) is 0 Å². The van der Waals surface area contributed by atoms with E-state index in [2.05, 4.69) is 0 Å². The molecule has 0 aliphatic heterocycles. The summed E-state index contributed by atoms with van der Waals surface area (Å²) in [5, 5.41) is 0. The molecule has 0 radical (unpaired) electrons. The number of alkyl halides is 17. The lowest BCUT2D eigenvalue weighted by Gasteiger charge is -2.40. The zero-order valence-electron chi connectivity index (χ0n) is 12.5. The van der Waals surface area contributed by atoms with Crippen LogP contribution >= 0.6 is 0 Å². The van der Waals surface area contributed by atoms with E-state index in [9.17, 15) is 83.8 Å². The van der Waals surface area contributed by atoms with Crippen LogP contribution in [0, 0.1) is 0 Å². The van der Waals surface area contributed by atoms with Gasteiger partial charge in [-0.05, 0) is 0 Å².